The van der Waals surface area contributed by atoms with Crippen LogP contribution in [0.15, 0.2) is 53.6 Å². The molecule has 114 valence electrons. The van der Waals surface area contributed by atoms with Gasteiger partial charge in [0.05, 0.1) is 12.0 Å². The highest BCUT2D eigenvalue weighted by Gasteiger charge is 2.02. The summed E-state index contributed by atoms with van der Waals surface area (Å²) in [6, 6.07) is 14.0. The van der Waals surface area contributed by atoms with Crippen LogP contribution in [0, 0.1) is 12.7 Å². The molecule has 3 nitrogen and oxygen atoms in total. The summed E-state index contributed by atoms with van der Waals surface area (Å²) in [7, 11) is 0. The molecular weight excluding hydrogens is 299 g/mol. The molecule has 0 saturated carbocycles. The molecule has 0 aliphatic carbocycles. The highest BCUT2D eigenvalue weighted by atomic mass is 32.2. The number of hydrogen-bond donors (Lipinski definition) is 1. The number of amides is 1. The molecule has 1 amide bonds. The molecule has 2 aromatic rings. The van der Waals surface area contributed by atoms with Crippen LogP contribution in [0.5, 0.6) is 0 Å². The number of hydrazone groups is 1. The molecule has 2 aromatic carbocycles. The van der Waals surface area contributed by atoms with Gasteiger partial charge < -0.3 is 0 Å². The summed E-state index contributed by atoms with van der Waals surface area (Å²) in [5, 5.41) is 3.85. The van der Waals surface area contributed by atoms with Crippen LogP contribution in [0.2, 0.25) is 0 Å². The monoisotopic (exact) mass is 316 g/mol. The van der Waals surface area contributed by atoms with Crippen molar-refractivity contribution in [1.29, 1.82) is 0 Å². The van der Waals surface area contributed by atoms with Gasteiger partial charge in [-0.05, 0) is 35.7 Å². The molecule has 22 heavy (non-hydrogen) atoms. The van der Waals surface area contributed by atoms with Crippen LogP contribution in [0.1, 0.15) is 16.7 Å². The average Bonchev–Trinajstić information content (AvgIpc) is 2.51. The zero-order valence-electron chi connectivity index (χ0n) is 12.3. The second-order valence-electron chi connectivity index (χ2n) is 4.76. The van der Waals surface area contributed by atoms with Gasteiger partial charge in [0.1, 0.15) is 5.82 Å². The lowest BCUT2D eigenvalue weighted by molar-refractivity contribution is -0.118. The van der Waals surface area contributed by atoms with Crippen molar-refractivity contribution in [2.45, 2.75) is 12.7 Å². The van der Waals surface area contributed by atoms with Gasteiger partial charge in [-0.25, -0.2) is 9.82 Å². The zero-order valence-corrected chi connectivity index (χ0v) is 13.1. The maximum atomic E-state index is 12.7. The highest BCUT2D eigenvalue weighted by molar-refractivity contribution is 7.99. The zero-order chi connectivity index (χ0) is 15.8. The predicted molar refractivity (Wildman–Crippen MR) is 89.5 cm³/mol. The second kappa shape index (κ2) is 8.34. The number of rotatable bonds is 6. The Kier molecular flexibility index (Phi) is 6.15. The van der Waals surface area contributed by atoms with E-state index >= 15 is 0 Å². The molecule has 0 saturated heterocycles. The van der Waals surface area contributed by atoms with Crippen LogP contribution in [0.3, 0.4) is 0 Å². The fraction of sp³-hybridized carbons (Fsp3) is 0.176. The van der Waals surface area contributed by atoms with Crippen molar-refractivity contribution >= 4 is 23.9 Å². The SMILES string of the molecule is Cc1ccccc1CSCC(=O)N/N=C\c1ccc(F)cc1. The first-order valence-electron chi connectivity index (χ1n) is 6.85. The third kappa shape index (κ3) is 5.33. The lowest BCUT2D eigenvalue weighted by Crippen LogP contribution is -2.19. The minimum atomic E-state index is -0.297. The normalized spacial score (nSPS) is 10.8. The Balaban J connectivity index is 1.72. The first-order chi connectivity index (χ1) is 10.6. The summed E-state index contributed by atoms with van der Waals surface area (Å²) in [6.07, 6.45) is 1.49. The van der Waals surface area contributed by atoms with Gasteiger partial charge in [-0.15, -0.1) is 11.8 Å². The van der Waals surface area contributed by atoms with E-state index in [1.165, 1.54) is 29.5 Å². The number of thioether (sulfide) groups is 1. The molecule has 1 N–H and O–H groups in total. The number of nitrogens with zero attached hydrogens (tertiary/aromatic N) is 1. The number of halogens is 1. The van der Waals surface area contributed by atoms with E-state index in [0.29, 0.717) is 5.75 Å². The third-order valence-corrected chi connectivity index (χ3v) is 4.01. The van der Waals surface area contributed by atoms with E-state index in [0.717, 1.165) is 11.3 Å². The first-order valence-corrected chi connectivity index (χ1v) is 8.00. The van der Waals surface area contributed by atoms with Crippen molar-refractivity contribution in [3.8, 4) is 0 Å². The fourth-order valence-corrected chi connectivity index (χ4v) is 2.68. The van der Waals surface area contributed by atoms with Crippen LogP contribution in [0.25, 0.3) is 0 Å². The maximum Gasteiger partial charge on any atom is 0.250 e. The van der Waals surface area contributed by atoms with Crippen molar-refractivity contribution in [3.63, 3.8) is 0 Å². The van der Waals surface area contributed by atoms with Gasteiger partial charge in [-0.3, -0.25) is 4.79 Å². The Hall–Kier alpha value is -2.14. The van der Waals surface area contributed by atoms with E-state index in [9.17, 15) is 9.18 Å². The summed E-state index contributed by atoms with van der Waals surface area (Å²) >= 11 is 1.54. The molecule has 0 bridgehead atoms. The number of hydrogen-bond acceptors (Lipinski definition) is 3. The molecule has 0 fully saturated rings. The quantitative estimate of drug-likeness (QED) is 0.654. The molecule has 0 aromatic heterocycles. The van der Waals surface area contributed by atoms with Gasteiger partial charge >= 0.3 is 0 Å². The molecule has 0 atom stereocenters. The topological polar surface area (TPSA) is 41.5 Å². The third-order valence-electron chi connectivity index (χ3n) is 3.02. The van der Waals surface area contributed by atoms with Crippen LogP contribution in [-0.4, -0.2) is 17.9 Å². The molecule has 5 heteroatoms. The minimum absolute atomic E-state index is 0.156. The van der Waals surface area contributed by atoms with Gasteiger partial charge in [-0.1, -0.05) is 36.4 Å². The lowest BCUT2D eigenvalue weighted by atomic mass is 10.1. The summed E-state index contributed by atoms with van der Waals surface area (Å²) in [5.74, 6) is 0.683. The average molecular weight is 316 g/mol. The fourth-order valence-electron chi connectivity index (χ4n) is 1.79. The van der Waals surface area contributed by atoms with Gasteiger partial charge in [0, 0.05) is 5.75 Å². The Bertz CT molecular complexity index is 656. The van der Waals surface area contributed by atoms with Gasteiger partial charge in [-0.2, -0.15) is 5.10 Å². The second-order valence-corrected chi connectivity index (χ2v) is 5.75. The van der Waals surface area contributed by atoms with Gasteiger partial charge in [0.2, 0.25) is 5.91 Å². The van der Waals surface area contributed by atoms with Crippen molar-refractivity contribution in [3.05, 3.63) is 71.0 Å². The minimum Gasteiger partial charge on any atom is -0.272 e. The summed E-state index contributed by atoms with van der Waals surface area (Å²) in [4.78, 5) is 11.7. The molecule has 0 unspecified atom stereocenters. The Morgan fingerprint density at radius 3 is 2.68 bits per heavy atom. The number of carbonyl (C=O) groups is 1. The van der Waals surface area contributed by atoms with E-state index in [4.69, 9.17) is 0 Å². The molecule has 2 rings (SSSR count). The van der Waals surface area contributed by atoms with E-state index < -0.39 is 0 Å². The number of nitrogens with one attached hydrogen (secondary N) is 1. The van der Waals surface area contributed by atoms with E-state index in [1.807, 2.05) is 12.1 Å². The lowest BCUT2D eigenvalue weighted by Gasteiger charge is -2.04. The van der Waals surface area contributed by atoms with Crippen LogP contribution < -0.4 is 5.43 Å². The molecular formula is C17H17FN2OS. The largest absolute Gasteiger partial charge is 0.272 e. The van der Waals surface area contributed by atoms with Gasteiger partial charge in [0.25, 0.3) is 0 Å². The van der Waals surface area contributed by atoms with E-state index in [1.54, 1.807) is 23.9 Å². The highest BCUT2D eigenvalue weighted by Crippen LogP contribution is 2.15. The maximum absolute atomic E-state index is 12.7. The molecule has 0 spiro atoms. The van der Waals surface area contributed by atoms with Crippen LogP contribution in [-0.2, 0) is 10.5 Å². The summed E-state index contributed by atoms with van der Waals surface area (Å²) < 4.78 is 12.7. The number of benzene rings is 2. The van der Waals surface area contributed by atoms with Crippen LogP contribution >= 0.6 is 11.8 Å². The van der Waals surface area contributed by atoms with E-state index in [2.05, 4.69) is 29.6 Å². The van der Waals surface area contributed by atoms with Crippen molar-refractivity contribution in [2.24, 2.45) is 5.10 Å². The number of aryl methyl sites for hydroxylation is 1. The first kappa shape index (κ1) is 16.2. The van der Waals surface area contributed by atoms with Crippen molar-refractivity contribution < 1.29 is 9.18 Å². The van der Waals surface area contributed by atoms with Crippen molar-refractivity contribution in [2.75, 3.05) is 5.75 Å². The summed E-state index contributed by atoms with van der Waals surface area (Å²) in [6.45, 7) is 2.06. The molecule has 0 aliphatic rings. The molecule has 0 heterocycles. The Morgan fingerprint density at radius 1 is 1.23 bits per heavy atom. The van der Waals surface area contributed by atoms with Gasteiger partial charge in [0.15, 0.2) is 0 Å². The number of carbonyl (C=O) groups excluding carboxylic acids is 1. The van der Waals surface area contributed by atoms with Crippen molar-refractivity contribution in [1.82, 2.24) is 5.43 Å². The standard InChI is InChI=1S/C17H17FN2OS/c1-13-4-2-3-5-15(13)11-22-12-17(21)20-19-10-14-6-8-16(18)9-7-14/h2-10H,11-12H2,1H3,(H,20,21)/b19-10-. The summed E-state index contributed by atoms with van der Waals surface area (Å²) in [5.41, 5.74) is 5.65. The smallest absolute Gasteiger partial charge is 0.250 e. The Morgan fingerprint density at radius 2 is 1.95 bits per heavy atom. The predicted octanol–water partition coefficient (Wildman–Crippen LogP) is 3.52. The van der Waals surface area contributed by atoms with E-state index in [-0.39, 0.29) is 11.7 Å². The molecule has 0 aliphatic heterocycles. The molecule has 0 radical (unpaired) electrons. The van der Waals surface area contributed by atoms with Crippen LogP contribution in [0.4, 0.5) is 4.39 Å². The Labute approximate surface area is 133 Å².